The van der Waals surface area contributed by atoms with Crippen LogP contribution < -0.4 is 10.1 Å². The van der Waals surface area contributed by atoms with E-state index in [0.29, 0.717) is 16.8 Å². The number of H-pyrrole nitrogens is 1. The molecule has 100 valence electrons. The van der Waals surface area contributed by atoms with Gasteiger partial charge >= 0.3 is 0 Å². The second-order valence-corrected chi connectivity index (χ2v) is 4.29. The number of imidazole rings is 1. The van der Waals surface area contributed by atoms with Gasteiger partial charge in [-0.25, -0.2) is 4.98 Å². The number of rotatable bonds is 3. The second-order valence-electron chi connectivity index (χ2n) is 4.29. The summed E-state index contributed by atoms with van der Waals surface area (Å²) in [6.45, 7) is 0. The topological polar surface area (TPSA) is 67.0 Å². The van der Waals surface area contributed by atoms with Crippen molar-refractivity contribution in [1.29, 1.82) is 0 Å². The molecule has 3 rings (SSSR count). The van der Waals surface area contributed by atoms with Crippen molar-refractivity contribution in [3.8, 4) is 5.75 Å². The van der Waals surface area contributed by atoms with Gasteiger partial charge < -0.3 is 15.0 Å². The van der Waals surface area contributed by atoms with E-state index in [-0.39, 0.29) is 5.91 Å². The molecule has 0 bridgehead atoms. The molecule has 1 heterocycles. The molecule has 2 N–H and O–H groups in total. The highest BCUT2D eigenvalue weighted by Gasteiger charge is 2.11. The van der Waals surface area contributed by atoms with Crippen molar-refractivity contribution >= 4 is 22.6 Å². The van der Waals surface area contributed by atoms with Gasteiger partial charge in [-0.1, -0.05) is 6.07 Å². The van der Waals surface area contributed by atoms with Crippen LogP contribution in [0.4, 0.5) is 5.69 Å². The van der Waals surface area contributed by atoms with Crippen molar-refractivity contribution in [2.45, 2.75) is 0 Å². The third kappa shape index (κ3) is 2.21. The van der Waals surface area contributed by atoms with E-state index >= 15 is 0 Å². The SMILES string of the molecule is COc1ccc(NC(=O)c2cccc3[nH]cnc23)cc1. The van der Waals surface area contributed by atoms with E-state index in [2.05, 4.69) is 15.3 Å². The van der Waals surface area contributed by atoms with Crippen molar-refractivity contribution in [3.05, 3.63) is 54.4 Å². The molecule has 0 aliphatic heterocycles. The Hall–Kier alpha value is -2.82. The Balaban J connectivity index is 1.87. The number of amides is 1. The van der Waals surface area contributed by atoms with Gasteiger partial charge in [0, 0.05) is 5.69 Å². The summed E-state index contributed by atoms with van der Waals surface area (Å²) in [4.78, 5) is 19.4. The highest BCUT2D eigenvalue weighted by Crippen LogP contribution is 2.18. The highest BCUT2D eigenvalue weighted by atomic mass is 16.5. The predicted molar refractivity (Wildman–Crippen MR) is 77.0 cm³/mol. The molecule has 3 aromatic rings. The van der Waals surface area contributed by atoms with Gasteiger partial charge in [-0.05, 0) is 36.4 Å². The summed E-state index contributed by atoms with van der Waals surface area (Å²) in [5, 5.41) is 2.84. The van der Waals surface area contributed by atoms with Gasteiger partial charge in [-0.15, -0.1) is 0 Å². The number of aromatic amines is 1. The zero-order valence-corrected chi connectivity index (χ0v) is 10.9. The average molecular weight is 267 g/mol. The number of nitrogens with zero attached hydrogens (tertiary/aromatic N) is 1. The van der Waals surface area contributed by atoms with Crippen LogP contribution in [0.2, 0.25) is 0 Å². The molecule has 1 amide bonds. The summed E-state index contributed by atoms with van der Waals surface area (Å²) >= 11 is 0. The largest absolute Gasteiger partial charge is 0.497 e. The number of carbonyl (C=O) groups excluding carboxylic acids is 1. The standard InChI is InChI=1S/C15H13N3O2/c1-20-11-7-5-10(6-8-11)18-15(19)12-3-2-4-13-14(12)17-9-16-13/h2-9H,1H3,(H,16,17)(H,18,19). The van der Waals surface area contributed by atoms with Crippen molar-refractivity contribution in [3.63, 3.8) is 0 Å². The monoisotopic (exact) mass is 267 g/mol. The first-order valence-electron chi connectivity index (χ1n) is 6.15. The lowest BCUT2D eigenvalue weighted by molar-refractivity contribution is 0.102. The van der Waals surface area contributed by atoms with E-state index < -0.39 is 0 Å². The maximum absolute atomic E-state index is 12.3. The van der Waals surface area contributed by atoms with Gasteiger partial charge in [0.1, 0.15) is 11.3 Å². The number of para-hydroxylation sites is 1. The van der Waals surface area contributed by atoms with E-state index in [1.54, 1.807) is 43.8 Å². The van der Waals surface area contributed by atoms with Crippen LogP contribution in [0, 0.1) is 0 Å². The molecule has 0 unspecified atom stereocenters. The van der Waals surface area contributed by atoms with Gasteiger partial charge in [-0.3, -0.25) is 4.79 Å². The number of benzene rings is 2. The van der Waals surface area contributed by atoms with Crippen LogP contribution >= 0.6 is 0 Å². The van der Waals surface area contributed by atoms with Gasteiger partial charge in [-0.2, -0.15) is 0 Å². The quantitative estimate of drug-likeness (QED) is 0.766. The minimum atomic E-state index is -0.187. The Kier molecular flexibility index (Phi) is 3.09. The van der Waals surface area contributed by atoms with Gasteiger partial charge in [0.25, 0.3) is 5.91 Å². The van der Waals surface area contributed by atoms with Crippen molar-refractivity contribution < 1.29 is 9.53 Å². The van der Waals surface area contributed by atoms with Gasteiger partial charge in [0.05, 0.1) is 24.5 Å². The van der Waals surface area contributed by atoms with E-state index in [1.165, 1.54) is 0 Å². The number of fused-ring (bicyclic) bond motifs is 1. The molecule has 0 aliphatic rings. The highest BCUT2D eigenvalue weighted by molar-refractivity contribution is 6.11. The number of aromatic nitrogens is 2. The number of anilines is 1. The maximum atomic E-state index is 12.3. The van der Waals surface area contributed by atoms with E-state index in [9.17, 15) is 4.79 Å². The van der Waals surface area contributed by atoms with E-state index in [4.69, 9.17) is 4.74 Å². The van der Waals surface area contributed by atoms with Crippen molar-refractivity contribution in [2.24, 2.45) is 0 Å². The molecule has 0 saturated carbocycles. The fourth-order valence-corrected chi connectivity index (χ4v) is 2.02. The summed E-state index contributed by atoms with van der Waals surface area (Å²) in [5.41, 5.74) is 2.76. The summed E-state index contributed by atoms with van der Waals surface area (Å²) in [6, 6.07) is 12.6. The van der Waals surface area contributed by atoms with E-state index in [1.807, 2.05) is 12.1 Å². The van der Waals surface area contributed by atoms with Crippen LogP contribution in [-0.4, -0.2) is 23.0 Å². The molecule has 0 fully saturated rings. The van der Waals surface area contributed by atoms with Crippen LogP contribution in [-0.2, 0) is 0 Å². The fraction of sp³-hybridized carbons (Fsp3) is 0.0667. The van der Waals surface area contributed by atoms with Gasteiger partial charge in [0.2, 0.25) is 0 Å². The minimum absolute atomic E-state index is 0.187. The third-order valence-corrected chi connectivity index (χ3v) is 3.04. The fourth-order valence-electron chi connectivity index (χ4n) is 2.02. The third-order valence-electron chi connectivity index (χ3n) is 3.04. The normalized spacial score (nSPS) is 10.4. The Morgan fingerprint density at radius 3 is 2.75 bits per heavy atom. The first-order valence-corrected chi connectivity index (χ1v) is 6.15. The molecule has 20 heavy (non-hydrogen) atoms. The molecule has 0 saturated heterocycles. The summed E-state index contributed by atoms with van der Waals surface area (Å²) in [6.07, 6.45) is 1.58. The molecule has 0 atom stereocenters. The molecular formula is C15H13N3O2. The minimum Gasteiger partial charge on any atom is -0.497 e. The molecule has 0 spiro atoms. The first-order chi connectivity index (χ1) is 9.78. The number of hydrogen-bond acceptors (Lipinski definition) is 3. The number of carbonyl (C=O) groups is 1. The Labute approximate surface area is 115 Å². The van der Waals surface area contributed by atoms with Crippen molar-refractivity contribution in [1.82, 2.24) is 9.97 Å². The van der Waals surface area contributed by atoms with E-state index in [0.717, 1.165) is 11.3 Å². The summed E-state index contributed by atoms with van der Waals surface area (Å²) < 4.78 is 5.08. The van der Waals surface area contributed by atoms with Crippen LogP contribution in [0.3, 0.4) is 0 Å². The Morgan fingerprint density at radius 2 is 2.00 bits per heavy atom. The van der Waals surface area contributed by atoms with Crippen molar-refractivity contribution in [2.75, 3.05) is 12.4 Å². The number of hydrogen-bond donors (Lipinski definition) is 2. The molecule has 1 aromatic heterocycles. The average Bonchev–Trinajstić information content (AvgIpc) is 2.96. The number of methoxy groups -OCH3 is 1. The maximum Gasteiger partial charge on any atom is 0.257 e. The predicted octanol–water partition coefficient (Wildman–Crippen LogP) is 2.82. The molecule has 0 aliphatic carbocycles. The Morgan fingerprint density at radius 1 is 1.20 bits per heavy atom. The van der Waals surface area contributed by atoms with Crippen LogP contribution in [0.5, 0.6) is 5.75 Å². The second kappa shape index (κ2) is 5.05. The lowest BCUT2D eigenvalue weighted by Gasteiger charge is -2.06. The van der Waals surface area contributed by atoms with Crippen LogP contribution in [0.1, 0.15) is 10.4 Å². The Bertz CT molecular complexity index is 747. The molecule has 0 radical (unpaired) electrons. The lowest BCUT2D eigenvalue weighted by atomic mass is 10.1. The van der Waals surface area contributed by atoms with Crippen LogP contribution in [0.25, 0.3) is 11.0 Å². The zero-order chi connectivity index (χ0) is 13.9. The molecule has 2 aromatic carbocycles. The smallest absolute Gasteiger partial charge is 0.257 e. The number of nitrogens with one attached hydrogen (secondary N) is 2. The lowest BCUT2D eigenvalue weighted by Crippen LogP contribution is -2.12. The summed E-state index contributed by atoms with van der Waals surface area (Å²) in [5.74, 6) is 0.560. The zero-order valence-electron chi connectivity index (χ0n) is 10.9. The first kappa shape index (κ1) is 12.2. The molecule has 5 heteroatoms. The summed E-state index contributed by atoms with van der Waals surface area (Å²) in [7, 11) is 1.60. The van der Waals surface area contributed by atoms with Gasteiger partial charge in [0.15, 0.2) is 0 Å². The molecule has 5 nitrogen and oxygen atoms in total. The number of ether oxygens (including phenoxy) is 1. The van der Waals surface area contributed by atoms with Crippen LogP contribution in [0.15, 0.2) is 48.8 Å². The molecular weight excluding hydrogens is 254 g/mol.